The van der Waals surface area contributed by atoms with Gasteiger partial charge in [-0.3, -0.25) is 10.1 Å². The summed E-state index contributed by atoms with van der Waals surface area (Å²) in [6.07, 6.45) is 0. The third-order valence-electron chi connectivity index (χ3n) is 2.12. The van der Waals surface area contributed by atoms with E-state index < -0.39 is 18.6 Å². The van der Waals surface area contributed by atoms with Crippen LogP contribution in [0.5, 0.6) is 11.5 Å². The number of carboxylic acids is 1. The first kappa shape index (κ1) is 12.3. The van der Waals surface area contributed by atoms with Crippen LogP contribution >= 0.6 is 0 Å². The molecular formula is C10H13NO5. The van der Waals surface area contributed by atoms with E-state index in [1.54, 1.807) is 6.07 Å². The molecule has 0 heterocycles. The van der Waals surface area contributed by atoms with E-state index >= 15 is 0 Å². The molecule has 0 fully saturated rings. The molecule has 0 aliphatic carbocycles. The zero-order valence-electron chi connectivity index (χ0n) is 8.42. The number of phenolic OH excluding ortho intramolecular Hbond substituents is 2. The lowest BCUT2D eigenvalue weighted by Gasteiger charge is -2.12. The molecule has 0 aromatic heterocycles. The van der Waals surface area contributed by atoms with Crippen molar-refractivity contribution in [1.29, 1.82) is 0 Å². The number of aliphatic hydroxyl groups excluding tert-OH is 1. The van der Waals surface area contributed by atoms with Crippen LogP contribution in [0.4, 0.5) is 0 Å². The fraction of sp³-hybridized carbons (Fsp3) is 0.300. The topological polar surface area (TPSA) is 110 Å². The molecule has 0 aliphatic heterocycles. The molecule has 1 aromatic carbocycles. The van der Waals surface area contributed by atoms with Gasteiger partial charge in [0.1, 0.15) is 6.04 Å². The van der Waals surface area contributed by atoms with Crippen molar-refractivity contribution in [2.24, 2.45) is 0 Å². The van der Waals surface area contributed by atoms with Crippen molar-refractivity contribution in [2.75, 3.05) is 6.61 Å². The Morgan fingerprint density at radius 2 is 2.06 bits per heavy atom. The van der Waals surface area contributed by atoms with Gasteiger partial charge < -0.3 is 20.4 Å². The second kappa shape index (κ2) is 5.34. The molecule has 0 bridgehead atoms. The summed E-state index contributed by atoms with van der Waals surface area (Å²) in [6.45, 7) is -0.507. The molecule has 1 atom stereocenters. The summed E-state index contributed by atoms with van der Waals surface area (Å²) >= 11 is 0. The second-order valence-corrected chi connectivity index (χ2v) is 3.24. The van der Waals surface area contributed by atoms with Gasteiger partial charge in [0.25, 0.3) is 0 Å². The summed E-state index contributed by atoms with van der Waals surface area (Å²) in [7, 11) is 0. The molecule has 16 heavy (non-hydrogen) atoms. The number of carbonyl (C=O) groups is 1. The van der Waals surface area contributed by atoms with E-state index in [4.69, 9.17) is 10.2 Å². The van der Waals surface area contributed by atoms with Gasteiger partial charge in [0.05, 0.1) is 6.61 Å². The first-order chi connectivity index (χ1) is 7.56. The van der Waals surface area contributed by atoms with Crippen LogP contribution in [0.25, 0.3) is 0 Å². The monoisotopic (exact) mass is 227 g/mol. The van der Waals surface area contributed by atoms with Crippen LogP contribution < -0.4 is 5.32 Å². The number of hydrogen-bond acceptors (Lipinski definition) is 5. The Hall–Kier alpha value is -1.79. The van der Waals surface area contributed by atoms with Gasteiger partial charge in [-0.1, -0.05) is 12.1 Å². The van der Waals surface area contributed by atoms with Crippen molar-refractivity contribution in [3.8, 4) is 11.5 Å². The van der Waals surface area contributed by atoms with Gasteiger partial charge in [0.2, 0.25) is 0 Å². The SMILES string of the molecule is O=C(O)C(CO)NCc1cccc(O)c1O. The smallest absolute Gasteiger partial charge is 0.323 e. The third-order valence-corrected chi connectivity index (χ3v) is 2.12. The number of aliphatic carboxylic acids is 1. The van der Waals surface area contributed by atoms with Gasteiger partial charge in [0.15, 0.2) is 11.5 Å². The number of aliphatic hydroxyl groups is 1. The molecule has 0 radical (unpaired) electrons. The zero-order valence-corrected chi connectivity index (χ0v) is 8.42. The van der Waals surface area contributed by atoms with E-state index in [0.717, 1.165) is 0 Å². The number of hydrogen-bond donors (Lipinski definition) is 5. The minimum Gasteiger partial charge on any atom is -0.504 e. The van der Waals surface area contributed by atoms with Crippen molar-refractivity contribution in [3.63, 3.8) is 0 Å². The average Bonchev–Trinajstić information content (AvgIpc) is 2.24. The van der Waals surface area contributed by atoms with Crippen LogP contribution in [0.3, 0.4) is 0 Å². The lowest BCUT2D eigenvalue weighted by atomic mass is 10.1. The molecule has 6 nitrogen and oxygen atoms in total. The highest BCUT2D eigenvalue weighted by Gasteiger charge is 2.16. The summed E-state index contributed by atoms with van der Waals surface area (Å²) in [6, 6.07) is 3.29. The number of aromatic hydroxyl groups is 2. The Kier molecular flexibility index (Phi) is 4.10. The summed E-state index contributed by atoms with van der Waals surface area (Å²) in [4.78, 5) is 10.6. The number of carboxylic acid groups (broad SMARTS) is 1. The Balaban J connectivity index is 2.67. The summed E-state index contributed by atoms with van der Waals surface area (Å²) in [5.41, 5.74) is 0.361. The summed E-state index contributed by atoms with van der Waals surface area (Å²) in [5.74, 6) is -1.74. The molecule has 0 saturated carbocycles. The Labute approximate surface area is 91.8 Å². The third kappa shape index (κ3) is 2.85. The Bertz CT molecular complexity index is 379. The van der Waals surface area contributed by atoms with Crippen molar-refractivity contribution in [1.82, 2.24) is 5.32 Å². The average molecular weight is 227 g/mol. The van der Waals surface area contributed by atoms with Crippen LogP contribution in [-0.2, 0) is 11.3 Å². The van der Waals surface area contributed by atoms with E-state index in [1.165, 1.54) is 12.1 Å². The largest absolute Gasteiger partial charge is 0.504 e. The predicted molar refractivity (Wildman–Crippen MR) is 55.1 cm³/mol. The highest BCUT2D eigenvalue weighted by Crippen LogP contribution is 2.27. The predicted octanol–water partition coefficient (Wildman–Crippen LogP) is -0.367. The maximum Gasteiger partial charge on any atom is 0.323 e. The molecule has 1 aromatic rings. The van der Waals surface area contributed by atoms with Crippen LogP contribution in [0.2, 0.25) is 0 Å². The fourth-order valence-corrected chi connectivity index (χ4v) is 1.18. The highest BCUT2D eigenvalue weighted by molar-refractivity contribution is 5.73. The van der Waals surface area contributed by atoms with E-state index in [1.807, 2.05) is 0 Å². The molecule has 1 rings (SSSR count). The lowest BCUT2D eigenvalue weighted by Crippen LogP contribution is -2.39. The van der Waals surface area contributed by atoms with Crippen molar-refractivity contribution in [3.05, 3.63) is 23.8 Å². The molecule has 88 valence electrons. The van der Waals surface area contributed by atoms with Gasteiger partial charge in [-0.2, -0.15) is 0 Å². The van der Waals surface area contributed by atoms with Gasteiger partial charge in [-0.05, 0) is 6.07 Å². The molecule has 5 N–H and O–H groups in total. The van der Waals surface area contributed by atoms with Crippen LogP contribution in [-0.4, -0.2) is 39.0 Å². The molecule has 6 heteroatoms. The van der Waals surface area contributed by atoms with Gasteiger partial charge in [-0.15, -0.1) is 0 Å². The molecule has 0 aliphatic rings. The van der Waals surface area contributed by atoms with Crippen molar-refractivity contribution in [2.45, 2.75) is 12.6 Å². The number of nitrogens with one attached hydrogen (secondary N) is 1. The molecule has 0 amide bonds. The van der Waals surface area contributed by atoms with E-state index in [-0.39, 0.29) is 18.0 Å². The Morgan fingerprint density at radius 1 is 1.38 bits per heavy atom. The maximum absolute atomic E-state index is 10.6. The van der Waals surface area contributed by atoms with Gasteiger partial charge in [0, 0.05) is 12.1 Å². The molecule has 1 unspecified atom stereocenters. The van der Waals surface area contributed by atoms with Crippen molar-refractivity contribution < 1.29 is 25.2 Å². The minimum atomic E-state index is -1.18. The molecule has 0 spiro atoms. The second-order valence-electron chi connectivity index (χ2n) is 3.24. The molecule has 0 saturated heterocycles. The standard InChI is InChI=1S/C10H13NO5/c12-5-7(10(15)16)11-4-6-2-1-3-8(13)9(6)14/h1-3,7,11-14H,4-5H2,(H,15,16). The fourth-order valence-electron chi connectivity index (χ4n) is 1.18. The van der Waals surface area contributed by atoms with Crippen LogP contribution in [0, 0.1) is 0 Å². The van der Waals surface area contributed by atoms with Crippen LogP contribution in [0.1, 0.15) is 5.56 Å². The first-order valence-electron chi connectivity index (χ1n) is 4.63. The highest BCUT2D eigenvalue weighted by atomic mass is 16.4. The number of benzene rings is 1. The van der Waals surface area contributed by atoms with E-state index in [9.17, 15) is 15.0 Å². The van der Waals surface area contributed by atoms with Gasteiger partial charge in [-0.25, -0.2) is 0 Å². The van der Waals surface area contributed by atoms with E-state index in [2.05, 4.69) is 5.32 Å². The quantitative estimate of drug-likeness (QED) is 0.439. The normalized spacial score (nSPS) is 12.3. The minimum absolute atomic E-state index is 0.0394. The molecular weight excluding hydrogens is 214 g/mol. The van der Waals surface area contributed by atoms with E-state index in [0.29, 0.717) is 5.56 Å². The summed E-state index contributed by atoms with van der Waals surface area (Å²) in [5, 5.41) is 38.5. The number of rotatable bonds is 5. The number of para-hydroxylation sites is 1. The van der Waals surface area contributed by atoms with Crippen LogP contribution in [0.15, 0.2) is 18.2 Å². The lowest BCUT2D eigenvalue weighted by molar-refractivity contribution is -0.140. The summed E-state index contributed by atoms with van der Waals surface area (Å²) < 4.78 is 0. The zero-order chi connectivity index (χ0) is 12.1. The Morgan fingerprint density at radius 3 is 2.62 bits per heavy atom. The van der Waals surface area contributed by atoms with Crippen molar-refractivity contribution >= 4 is 5.97 Å². The first-order valence-corrected chi connectivity index (χ1v) is 4.63. The van der Waals surface area contributed by atoms with Gasteiger partial charge >= 0.3 is 5.97 Å². The number of phenols is 2. The maximum atomic E-state index is 10.6.